The number of anilines is 1. The third-order valence-electron chi connectivity index (χ3n) is 4.33. The number of hydrogen-bond donors (Lipinski definition) is 2. The highest BCUT2D eigenvalue weighted by atomic mass is 19.1. The zero-order valence-electron chi connectivity index (χ0n) is 15.8. The van der Waals surface area contributed by atoms with Crippen LogP contribution in [0.2, 0.25) is 0 Å². The van der Waals surface area contributed by atoms with Gasteiger partial charge in [-0.25, -0.2) is 14.4 Å². The molecule has 2 bridgehead atoms. The van der Waals surface area contributed by atoms with Crippen molar-refractivity contribution in [3.8, 4) is 11.9 Å². The number of carbonyl (C=O) groups is 1. The number of ether oxygens (including phenoxy) is 1. The van der Waals surface area contributed by atoms with E-state index in [2.05, 4.69) is 15.0 Å². The Morgan fingerprint density at radius 2 is 2.17 bits per heavy atom. The number of hydrogen-bond acceptors (Lipinski definition) is 8. The number of rotatable bonds is 1. The molecule has 1 amide bonds. The van der Waals surface area contributed by atoms with Gasteiger partial charge in [-0.05, 0) is 18.2 Å². The van der Waals surface area contributed by atoms with Gasteiger partial charge in [0.1, 0.15) is 24.2 Å². The predicted molar refractivity (Wildman–Crippen MR) is 104 cm³/mol. The maximum atomic E-state index is 13.7. The number of aliphatic imine (C=N–C) groups is 1. The molecule has 148 valence electrons. The second-order valence-electron chi connectivity index (χ2n) is 6.28. The van der Waals surface area contributed by atoms with Crippen LogP contribution in [0.3, 0.4) is 0 Å². The second kappa shape index (κ2) is 7.93. The lowest BCUT2D eigenvalue weighted by Gasteiger charge is -2.22. The molecule has 2 heterocycles. The van der Waals surface area contributed by atoms with Crippen LogP contribution in [0.5, 0.6) is 5.88 Å². The van der Waals surface area contributed by atoms with E-state index in [0.717, 1.165) is 0 Å². The van der Waals surface area contributed by atoms with Gasteiger partial charge in [0.15, 0.2) is 5.82 Å². The zero-order chi connectivity index (χ0) is 21.1. The molecule has 0 fully saturated rings. The van der Waals surface area contributed by atoms with Gasteiger partial charge in [0.2, 0.25) is 0 Å². The number of likely N-dealkylation sites (N-methyl/N-ethyl adjacent to an activating group) is 1. The average molecular weight is 395 g/mol. The molecule has 0 saturated carbocycles. The van der Waals surface area contributed by atoms with Crippen LogP contribution >= 0.6 is 0 Å². The third kappa shape index (κ3) is 3.84. The van der Waals surface area contributed by atoms with Gasteiger partial charge in [-0.3, -0.25) is 9.79 Å². The largest absolute Gasteiger partial charge is 0.470 e. The fourth-order valence-corrected chi connectivity index (χ4v) is 2.91. The standard InChI is InChI=1S/C19H18FN7O2/c1-24-14(6-21)16-13(22)8-27(2)19(28)12-4-3-11(20)5-10(12)9-29-18-17(23)25-7-15(16)26-18/h3-5,7H,8-9,22H2,1-2H3,(H2,23,25)/b16-13+,24-14?. The molecule has 1 aromatic carbocycles. The van der Waals surface area contributed by atoms with Crippen LogP contribution in [0.25, 0.3) is 5.57 Å². The van der Waals surface area contributed by atoms with Crippen LogP contribution in [0.4, 0.5) is 10.2 Å². The molecule has 0 unspecified atom stereocenters. The van der Waals surface area contributed by atoms with Crippen molar-refractivity contribution >= 4 is 23.0 Å². The number of nitrogens with two attached hydrogens (primary N) is 2. The van der Waals surface area contributed by atoms with Crippen molar-refractivity contribution in [1.29, 1.82) is 5.26 Å². The molecule has 1 aliphatic rings. The Bertz CT molecular complexity index is 1090. The SMILES string of the molecule is CN=C(C#N)/C1=C(\N)CN(C)C(=O)c2ccc(F)cc2COc2nc1cnc2N. The van der Waals surface area contributed by atoms with Crippen molar-refractivity contribution in [3.05, 3.63) is 52.7 Å². The molecule has 29 heavy (non-hydrogen) atoms. The number of aromatic nitrogens is 2. The lowest BCUT2D eigenvalue weighted by Crippen LogP contribution is -2.33. The molecule has 10 heteroatoms. The van der Waals surface area contributed by atoms with Crippen LogP contribution in [-0.2, 0) is 6.61 Å². The van der Waals surface area contributed by atoms with Crippen molar-refractivity contribution in [2.75, 3.05) is 26.4 Å². The van der Waals surface area contributed by atoms with Crippen LogP contribution in [0.1, 0.15) is 21.6 Å². The summed E-state index contributed by atoms with van der Waals surface area (Å²) in [6, 6.07) is 5.74. The Morgan fingerprint density at radius 3 is 2.86 bits per heavy atom. The van der Waals surface area contributed by atoms with Crippen LogP contribution in [0, 0.1) is 17.1 Å². The van der Waals surface area contributed by atoms with Crippen molar-refractivity contribution in [2.24, 2.45) is 10.7 Å². The van der Waals surface area contributed by atoms with E-state index in [1.54, 1.807) is 7.05 Å². The molecular formula is C19H18FN7O2. The van der Waals surface area contributed by atoms with E-state index in [1.807, 2.05) is 6.07 Å². The highest BCUT2D eigenvalue weighted by Gasteiger charge is 2.23. The number of allylic oxidation sites excluding steroid dienone is 1. The van der Waals surface area contributed by atoms with E-state index >= 15 is 0 Å². The zero-order valence-corrected chi connectivity index (χ0v) is 15.8. The average Bonchev–Trinajstić information content (AvgIpc) is 2.70. The molecule has 0 aliphatic carbocycles. The molecule has 1 aliphatic heterocycles. The summed E-state index contributed by atoms with van der Waals surface area (Å²) in [7, 11) is 2.98. The van der Waals surface area contributed by atoms with E-state index in [-0.39, 0.29) is 59.0 Å². The van der Waals surface area contributed by atoms with Crippen LogP contribution in [-0.4, -0.2) is 47.1 Å². The van der Waals surface area contributed by atoms with Crippen molar-refractivity contribution < 1.29 is 13.9 Å². The highest BCUT2D eigenvalue weighted by Crippen LogP contribution is 2.25. The molecule has 0 saturated heterocycles. The summed E-state index contributed by atoms with van der Waals surface area (Å²) in [4.78, 5) is 26.6. The normalized spacial score (nSPS) is 17.5. The summed E-state index contributed by atoms with van der Waals surface area (Å²) in [5, 5.41) is 9.45. The van der Waals surface area contributed by atoms with E-state index in [1.165, 1.54) is 36.3 Å². The number of nitriles is 1. The smallest absolute Gasteiger partial charge is 0.258 e. The van der Waals surface area contributed by atoms with Gasteiger partial charge >= 0.3 is 0 Å². The summed E-state index contributed by atoms with van der Waals surface area (Å²) in [5.41, 5.74) is 13.3. The minimum Gasteiger partial charge on any atom is -0.470 e. The number of carbonyl (C=O) groups excluding carboxylic acids is 1. The molecule has 2 aromatic rings. The minimum absolute atomic E-state index is 0.00271. The van der Waals surface area contributed by atoms with Crippen molar-refractivity contribution in [2.45, 2.75) is 6.61 Å². The number of fused-ring (bicyclic) bond motifs is 3. The number of nitrogen functional groups attached to an aromatic ring is 1. The molecule has 1 aromatic heterocycles. The molecule has 4 N–H and O–H groups in total. The van der Waals surface area contributed by atoms with Crippen molar-refractivity contribution in [3.63, 3.8) is 0 Å². The Hall–Kier alpha value is -4.00. The first-order valence-corrected chi connectivity index (χ1v) is 8.51. The molecule has 3 rings (SSSR count). The summed E-state index contributed by atoms with van der Waals surface area (Å²) >= 11 is 0. The Balaban J connectivity index is 2.24. The van der Waals surface area contributed by atoms with Gasteiger partial charge in [-0.15, -0.1) is 0 Å². The van der Waals surface area contributed by atoms with Gasteiger partial charge in [0.05, 0.1) is 24.0 Å². The first kappa shape index (κ1) is 19.8. The molecule has 0 spiro atoms. The number of amides is 1. The summed E-state index contributed by atoms with van der Waals surface area (Å²) in [5.74, 6) is -0.932. The summed E-state index contributed by atoms with van der Waals surface area (Å²) in [6.07, 6.45) is 1.34. The van der Waals surface area contributed by atoms with Gasteiger partial charge in [-0.2, -0.15) is 5.26 Å². The first-order chi connectivity index (χ1) is 13.8. The highest BCUT2D eigenvalue weighted by molar-refractivity contribution is 6.31. The first-order valence-electron chi connectivity index (χ1n) is 8.51. The van der Waals surface area contributed by atoms with E-state index in [4.69, 9.17) is 16.2 Å². The molecular weight excluding hydrogens is 377 g/mol. The molecule has 0 radical (unpaired) electrons. The quantitative estimate of drug-likeness (QED) is 0.689. The summed E-state index contributed by atoms with van der Waals surface area (Å²) in [6.45, 7) is -0.176. The summed E-state index contributed by atoms with van der Waals surface area (Å²) < 4.78 is 19.4. The number of nitrogens with zero attached hydrogens (tertiary/aromatic N) is 5. The minimum atomic E-state index is -0.512. The van der Waals surface area contributed by atoms with Crippen LogP contribution < -0.4 is 16.2 Å². The molecule has 0 atom stereocenters. The maximum absolute atomic E-state index is 13.7. The van der Waals surface area contributed by atoms with E-state index < -0.39 is 5.82 Å². The maximum Gasteiger partial charge on any atom is 0.258 e. The molecule has 9 nitrogen and oxygen atoms in total. The Kier molecular flexibility index (Phi) is 5.40. The number of halogens is 1. The number of benzene rings is 1. The van der Waals surface area contributed by atoms with Gasteiger partial charge in [0.25, 0.3) is 11.8 Å². The second-order valence-corrected chi connectivity index (χ2v) is 6.28. The Labute approximate surface area is 166 Å². The lowest BCUT2D eigenvalue weighted by atomic mass is 10.0. The third-order valence-corrected chi connectivity index (χ3v) is 4.33. The topological polar surface area (TPSA) is 144 Å². The van der Waals surface area contributed by atoms with E-state index in [0.29, 0.717) is 5.56 Å². The lowest BCUT2D eigenvalue weighted by molar-refractivity contribution is 0.0803. The Morgan fingerprint density at radius 1 is 1.41 bits per heavy atom. The van der Waals surface area contributed by atoms with Crippen molar-refractivity contribution in [1.82, 2.24) is 14.9 Å². The fourth-order valence-electron chi connectivity index (χ4n) is 2.91. The fraction of sp³-hybridized carbons (Fsp3) is 0.211. The van der Waals surface area contributed by atoms with E-state index in [9.17, 15) is 14.4 Å². The van der Waals surface area contributed by atoms with Gasteiger partial charge in [0, 0.05) is 30.9 Å². The van der Waals surface area contributed by atoms with Gasteiger partial charge < -0.3 is 21.1 Å². The van der Waals surface area contributed by atoms with Gasteiger partial charge in [-0.1, -0.05) is 0 Å². The predicted octanol–water partition coefficient (Wildman–Crippen LogP) is 1.13. The monoisotopic (exact) mass is 395 g/mol. The van der Waals surface area contributed by atoms with Crippen LogP contribution in [0.15, 0.2) is 35.1 Å².